The van der Waals surface area contributed by atoms with Gasteiger partial charge in [-0.2, -0.15) is 0 Å². The third-order valence-corrected chi connectivity index (χ3v) is 3.92. The van der Waals surface area contributed by atoms with Gasteiger partial charge >= 0.3 is 0 Å². The van der Waals surface area contributed by atoms with E-state index < -0.39 is 0 Å². The number of hydrogen-bond acceptors (Lipinski definition) is 3. The second-order valence-electron chi connectivity index (χ2n) is 5.65. The molecule has 1 saturated heterocycles. The zero-order valence-corrected chi connectivity index (χ0v) is 11.9. The zero-order chi connectivity index (χ0) is 14.0. The molecular weight excluding hydrogens is 238 g/mol. The van der Waals surface area contributed by atoms with Crippen LogP contribution in [0.1, 0.15) is 37.8 Å². The number of nitrogens with zero attached hydrogens (tertiary/aromatic N) is 2. The maximum Gasteiger partial charge on any atom is 0.172 e. The minimum Gasteiger partial charge on any atom is -0.409 e. The minimum absolute atomic E-state index is 0.185. The Bertz CT molecular complexity index is 482. The van der Waals surface area contributed by atoms with E-state index in [1.54, 1.807) is 0 Å². The molecule has 0 saturated carbocycles. The van der Waals surface area contributed by atoms with Crippen LogP contribution in [0.5, 0.6) is 0 Å². The lowest BCUT2D eigenvalue weighted by Gasteiger charge is -2.31. The Kier molecular flexibility index (Phi) is 3.98. The molecule has 2 rings (SSSR count). The Morgan fingerprint density at radius 3 is 2.84 bits per heavy atom. The van der Waals surface area contributed by atoms with Crippen LogP contribution in [-0.2, 0) is 0 Å². The number of hydrogen-bond donors (Lipinski definition) is 2. The molecule has 1 unspecified atom stereocenters. The van der Waals surface area contributed by atoms with Crippen LogP contribution in [0.15, 0.2) is 23.4 Å². The molecule has 1 fully saturated rings. The van der Waals surface area contributed by atoms with Crippen LogP contribution in [-0.4, -0.2) is 23.6 Å². The summed E-state index contributed by atoms with van der Waals surface area (Å²) < 4.78 is 0. The minimum atomic E-state index is 0.185. The first-order valence-electron chi connectivity index (χ1n) is 6.89. The van der Waals surface area contributed by atoms with Gasteiger partial charge in [-0.05, 0) is 43.4 Å². The summed E-state index contributed by atoms with van der Waals surface area (Å²) in [4.78, 5) is 2.41. The molecular formula is C15H23N3O. The van der Waals surface area contributed by atoms with E-state index in [1.165, 1.54) is 18.4 Å². The van der Waals surface area contributed by atoms with Crippen LogP contribution < -0.4 is 10.6 Å². The standard InChI is InChI=1S/C15H23N3O/c1-10(2)13-5-4-8-18(13)14-9-11(3)6-7-12(14)15(16)17-19/h6-7,9-10,13,19H,4-5,8H2,1-3H3,(H2,16,17). The first-order chi connectivity index (χ1) is 9.04. The van der Waals surface area contributed by atoms with Gasteiger partial charge in [0, 0.05) is 23.8 Å². The van der Waals surface area contributed by atoms with Crippen molar-refractivity contribution in [1.82, 2.24) is 0 Å². The molecule has 4 nitrogen and oxygen atoms in total. The molecule has 0 amide bonds. The topological polar surface area (TPSA) is 61.9 Å². The molecule has 19 heavy (non-hydrogen) atoms. The second-order valence-corrected chi connectivity index (χ2v) is 5.65. The highest BCUT2D eigenvalue weighted by atomic mass is 16.4. The lowest BCUT2D eigenvalue weighted by Crippen LogP contribution is -2.35. The van der Waals surface area contributed by atoms with Crippen molar-refractivity contribution in [2.45, 2.75) is 39.7 Å². The number of amidine groups is 1. The van der Waals surface area contributed by atoms with Gasteiger partial charge in [-0.1, -0.05) is 25.1 Å². The number of aryl methyl sites for hydroxylation is 1. The Labute approximate surface area is 114 Å². The van der Waals surface area contributed by atoms with Crippen molar-refractivity contribution in [2.75, 3.05) is 11.4 Å². The quantitative estimate of drug-likeness (QED) is 0.380. The molecule has 1 aromatic carbocycles. The second kappa shape index (κ2) is 5.51. The molecule has 0 radical (unpaired) electrons. The Balaban J connectivity index is 2.45. The van der Waals surface area contributed by atoms with Crippen molar-refractivity contribution >= 4 is 11.5 Å². The van der Waals surface area contributed by atoms with Crippen molar-refractivity contribution in [1.29, 1.82) is 0 Å². The number of nitrogens with two attached hydrogens (primary N) is 1. The van der Waals surface area contributed by atoms with Crippen molar-refractivity contribution in [2.24, 2.45) is 16.8 Å². The SMILES string of the molecule is Cc1ccc(C(N)=NO)c(N2CCCC2C(C)C)c1. The molecule has 0 aliphatic carbocycles. The Hall–Kier alpha value is -1.71. The predicted octanol–water partition coefficient (Wildman–Crippen LogP) is 2.71. The molecule has 4 heteroatoms. The van der Waals surface area contributed by atoms with Crippen molar-refractivity contribution in [3.05, 3.63) is 29.3 Å². The predicted molar refractivity (Wildman–Crippen MR) is 78.9 cm³/mol. The third kappa shape index (κ3) is 2.67. The van der Waals surface area contributed by atoms with E-state index in [-0.39, 0.29) is 5.84 Å². The number of anilines is 1. The molecule has 0 bridgehead atoms. The fourth-order valence-electron chi connectivity index (χ4n) is 2.93. The summed E-state index contributed by atoms with van der Waals surface area (Å²) >= 11 is 0. The number of rotatable bonds is 3. The van der Waals surface area contributed by atoms with Crippen LogP contribution in [0.4, 0.5) is 5.69 Å². The van der Waals surface area contributed by atoms with Gasteiger partial charge in [0.2, 0.25) is 0 Å². The number of benzene rings is 1. The summed E-state index contributed by atoms with van der Waals surface area (Å²) in [5.74, 6) is 0.785. The van der Waals surface area contributed by atoms with E-state index >= 15 is 0 Å². The van der Waals surface area contributed by atoms with Crippen molar-refractivity contribution < 1.29 is 5.21 Å². The van der Waals surface area contributed by atoms with E-state index in [1.807, 2.05) is 12.1 Å². The van der Waals surface area contributed by atoms with Crippen LogP contribution in [0, 0.1) is 12.8 Å². The molecule has 1 heterocycles. The summed E-state index contributed by atoms with van der Waals surface area (Å²) in [5.41, 5.74) is 8.91. The first-order valence-corrected chi connectivity index (χ1v) is 6.89. The van der Waals surface area contributed by atoms with E-state index in [0.717, 1.165) is 17.8 Å². The average molecular weight is 261 g/mol. The van der Waals surface area contributed by atoms with Gasteiger partial charge < -0.3 is 15.8 Å². The third-order valence-electron chi connectivity index (χ3n) is 3.92. The van der Waals surface area contributed by atoms with Crippen LogP contribution in [0.2, 0.25) is 0 Å². The van der Waals surface area contributed by atoms with Crippen LogP contribution in [0.3, 0.4) is 0 Å². The highest BCUT2D eigenvalue weighted by Gasteiger charge is 2.29. The molecule has 1 aliphatic heterocycles. The maximum atomic E-state index is 8.94. The molecule has 0 aromatic heterocycles. The smallest absolute Gasteiger partial charge is 0.172 e. The molecule has 1 aromatic rings. The summed E-state index contributed by atoms with van der Waals surface area (Å²) in [6.07, 6.45) is 2.41. The van der Waals surface area contributed by atoms with Crippen LogP contribution >= 0.6 is 0 Å². The van der Waals surface area contributed by atoms with E-state index in [4.69, 9.17) is 10.9 Å². The fourth-order valence-corrected chi connectivity index (χ4v) is 2.93. The van der Waals surface area contributed by atoms with Gasteiger partial charge in [-0.15, -0.1) is 0 Å². The summed E-state index contributed by atoms with van der Waals surface area (Å²) in [6, 6.07) is 6.60. The highest BCUT2D eigenvalue weighted by molar-refractivity contribution is 6.02. The maximum absolute atomic E-state index is 8.94. The Morgan fingerprint density at radius 1 is 1.47 bits per heavy atom. The van der Waals surface area contributed by atoms with E-state index in [9.17, 15) is 0 Å². The molecule has 3 N–H and O–H groups in total. The zero-order valence-electron chi connectivity index (χ0n) is 11.9. The first kappa shape index (κ1) is 13.7. The highest BCUT2D eigenvalue weighted by Crippen LogP contribution is 2.32. The largest absolute Gasteiger partial charge is 0.409 e. The normalized spacial score (nSPS) is 20.3. The van der Waals surface area contributed by atoms with E-state index in [2.05, 4.69) is 36.9 Å². The van der Waals surface area contributed by atoms with Gasteiger partial charge in [0.05, 0.1) is 0 Å². The Morgan fingerprint density at radius 2 is 2.21 bits per heavy atom. The molecule has 104 valence electrons. The molecule has 0 spiro atoms. The summed E-state index contributed by atoms with van der Waals surface area (Å²) in [6.45, 7) is 7.61. The van der Waals surface area contributed by atoms with Gasteiger partial charge in [0.1, 0.15) is 0 Å². The molecule has 1 aliphatic rings. The van der Waals surface area contributed by atoms with Crippen molar-refractivity contribution in [3.8, 4) is 0 Å². The summed E-state index contributed by atoms with van der Waals surface area (Å²) in [7, 11) is 0. The van der Waals surface area contributed by atoms with Crippen LogP contribution in [0.25, 0.3) is 0 Å². The monoisotopic (exact) mass is 261 g/mol. The lowest BCUT2D eigenvalue weighted by atomic mass is 10.00. The fraction of sp³-hybridized carbons (Fsp3) is 0.533. The number of oxime groups is 1. The van der Waals surface area contributed by atoms with Gasteiger partial charge in [-0.25, -0.2) is 0 Å². The van der Waals surface area contributed by atoms with Crippen molar-refractivity contribution in [3.63, 3.8) is 0 Å². The van der Waals surface area contributed by atoms with Gasteiger partial charge in [0.25, 0.3) is 0 Å². The van der Waals surface area contributed by atoms with E-state index in [0.29, 0.717) is 12.0 Å². The summed E-state index contributed by atoms with van der Waals surface area (Å²) in [5, 5.41) is 12.1. The van der Waals surface area contributed by atoms with Gasteiger partial charge in [-0.3, -0.25) is 0 Å². The average Bonchev–Trinajstić information content (AvgIpc) is 2.87. The van der Waals surface area contributed by atoms with Gasteiger partial charge in [0.15, 0.2) is 5.84 Å². The lowest BCUT2D eigenvalue weighted by molar-refractivity contribution is 0.318. The molecule has 1 atom stereocenters.